The van der Waals surface area contributed by atoms with Crippen molar-refractivity contribution in [2.24, 2.45) is 0 Å². The van der Waals surface area contributed by atoms with Crippen LogP contribution in [0.1, 0.15) is 16.7 Å². The van der Waals surface area contributed by atoms with Crippen LogP contribution in [0.5, 0.6) is 0 Å². The first kappa shape index (κ1) is 21.8. The molecule has 4 rings (SSSR count). The quantitative estimate of drug-likeness (QED) is 0.582. The third kappa shape index (κ3) is 4.92. The number of nitrogen functional groups attached to an aromatic ring is 1. The van der Waals surface area contributed by atoms with Crippen LogP contribution in [-0.4, -0.2) is 65.9 Å². The van der Waals surface area contributed by atoms with Crippen LogP contribution in [0, 0.1) is 12.7 Å². The van der Waals surface area contributed by atoms with Crippen LogP contribution in [0.25, 0.3) is 6.08 Å². The molecule has 2 unspecified atom stereocenters. The molecule has 0 aromatic heterocycles. The summed E-state index contributed by atoms with van der Waals surface area (Å²) in [5, 5.41) is 0.621. The van der Waals surface area contributed by atoms with Crippen LogP contribution in [0.4, 0.5) is 10.1 Å². The number of fused-ring (bicyclic) bond motifs is 2. The van der Waals surface area contributed by atoms with Gasteiger partial charge in [-0.15, -0.1) is 0 Å². The lowest BCUT2D eigenvalue weighted by atomic mass is 9.99. The fourth-order valence-electron chi connectivity index (χ4n) is 4.68. The minimum absolute atomic E-state index is 0.0107. The van der Waals surface area contributed by atoms with Gasteiger partial charge in [0.05, 0.1) is 12.1 Å². The molecule has 0 spiro atoms. The molecular weight excluding hydrogens is 415 g/mol. The highest BCUT2D eigenvalue weighted by Crippen LogP contribution is 2.26. The van der Waals surface area contributed by atoms with Crippen molar-refractivity contribution in [1.29, 1.82) is 0 Å². The number of anilines is 1. The fourth-order valence-corrected chi connectivity index (χ4v) is 4.85. The second kappa shape index (κ2) is 8.99. The molecule has 0 saturated carbocycles. The summed E-state index contributed by atoms with van der Waals surface area (Å²) in [4.78, 5) is 19.8. The van der Waals surface area contributed by atoms with Gasteiger partial charge in [0.15, 0.2) is 0 Å². The van der Waals surface area contributed by atoms with Gasteiger partial charge in [0, 0.05) is 49.5 Å². The Morgan fingerprint density at radius 1 is 1.16 bits per heavy atom. The number of hydrogen-bond donors (Lipinski definition) is 1. The molecule has 5 nitrogen and oxygen atoms in total. The van der Waals surface area contributed by atoms with E-state index in [9.17, 15) is 9.18 Å². The molecule has 2 atom stereocenters. The van der Waals surface area contributed by atoms with Gasteiger partial charge in [-0.05, 0) is 61.0 Å². The highest BCUT2D eigenvalue weighted by Gasteiger charge is 2.41. The first-order valence-electron chi connectivity index (χ1n) is 10.5. The molecule has 1 amide bonds. The van der Waals surface area contributed by atoms with Crippen LogP contribution in [0.2, 0.25) is 5.02 Å². The molecule has 164 valence electrons. The second-order valence-electron chi connectivity index (χ2n) is 8.66. The van der Waals surface area contributed by atoms with Crippen LogP contribution in [-0.2, 0) is 11.3 Å². The van der Waals surface area contributed by atoms with Crippen molar-refractivity contribution in [3.63, 3.8) is 0 Å². The highest BCUT2D eigenvalue weighted by atomic mass is 35.5. The molecule has 2 heterocycles. The predicted molar refractivity (Wildman–Crippen MR) is 123 cm³/mol. The number of nitrogens with two attached hydrogens (primary N) is 1. The average molecular weight is 443 g/mol. The van der Waals surface area contributed by atoms with Crippen molar-refractivity contribution in [2.45, 2.75) is 25.6 Å². The topological polar surface area (TPSA) is 52.8 Å². The Balaban J connectivity index is 1.48. The zero-order chi connectivity index (χ0) is 22.1. The summed E-state index contributed by atoms with van der Waals surface area (Å²) in [5.41, 5.74) is 9.44. The van der Waals surface area contributed by atoms with E-state index in [-0.39, 0.29) is 23.8 Å². The van der Waals surface area contributed by atoms with Gasteiger partial charge in [-0.2, -0.15) is 0 Å². The lowest BCUT2D eigenvalue weighted by Gasteiger charge is -2.52. The maximum atomic E-state index is 13.2. The SMILES string of the molecule is Cc1cc(C=CC(=O)N2C3CN(C)CC2CN(Cc2ccc(F)cc2)C3)c(N)cc1Cl. The monoisotopic (exact) mass is 442 g/mol. The molecular formula is C24H28ClFN4O. The van der Waals surface area contributed by atoms with Crippen molar-refractivity contribution >= 4 is 29.3 Å². The highest BCUT2D eigenvalue weighted by molar-refractivity contribution is 6.31. The maximum Gasteiger partial charge on any atom is 0.247 e. The molecule has 2 aliphatic heterocycles. The molecule has 31 heavy (non-hydrogen) atoms. The van der Waals surface area contributed by atoms with Gasteiger partial charge in [0.25, 0.3) is 0 Å². The predicted octanol–water partition coefficient (Wildman–Crippen LogP) is 3.41. The van der Waals surface area contributed by atoms with Crippen molar-refractivity contribution < 1.29 is 9.18 Å². The average Bonchev–Trinajstić information content (AvgIpc) is 2.70. The van der Waals surface area contributed by atoms with E-state index in [0.717, 1.165) is 49.4 Å². The molecule has 2 N–H and O–H groups in total. The Kier molecular flexibility index (Phi) is 6.32. The number of nitrogens with zero attached hydrogens (tertiary/aromatic N) is 3. The molecule has 2 aliphatic rings. The summed E-state index contributed by atoms with van der Waals surface area (Å²) in [7, 11) is 2.10. The number of aryl methyl sites for hydroxylation is 1. The number of rotatable bonds is 4. The number of carbonyl (C=O) groups excluding carboxylic acids is 1. The van der Waals surface area contributed by atoms with Gasteiger partial charge < -0.3 is 15.5 Å². The van der Waals surface area contributed by atoms with Crippen LogP contribution < -0.4 is 5.73 Å². The molecule has 2 fully saturated rings. The smallest absolute Gasteiger partial charge is 0.247 e. The molecule has 0 radical (unpaired) electrons. The van der Waals surface area contributed by atoms with E-state index in [1.807, 2.05) is 30.0 Å². The van der Waals surface area contributed by atoms with Crippen molar-refractivity contribution in [3.8, 4) is 0 Å². The van der Waals surface area contributed by atoms with E-state index in [0.29, 0.717) is 10.7 Å². The summed E-state index contributed by atoms with van der Waals surface area (Å²) >= 11 is 6.12. The van der Waals surface area contributed by atoms with Gasteiger partial charge in [0.1, 0.15) is 5.82 Å². The summed E-state index contributed by atoms with van der Waals surface area (Å²) in [6.45, 7) is 5.92. The number of benzene rings is 2. The van der Waals surface area contributed by atoms with E-state index < -0.39 is 0 Å². The molecule has 2 aromatic rings. The van der Waals surface area contributed by atoms with E-state index in [4.69, 9.17) is 17.3 Å². The molecule has 7 heteroatoms. The van der Waals surface area contributed by atoms with Crippen LogP contribution in [0.15, 0.2) is 42.5 Å². The zero-order valence-electron chi connectivity index (χ0n) is 17.9. The normalized spacial score (nSPS) is 22.3. The number of carbonyl (C=O) groups is 1. The largest absolute Gasteiger partial charge is 0.398 e. The molecule has 0 aliphatic carbocycles. The fraction of sp³-hybridized carbons (Fsp3) is 0.375. The standard InChI is InChI=1S/C24H28ClFN4O/c1-16-9-18(23(27)10-22(16)25)5-8-24(31)30-20-12-28(2)13-21(30)15-29(14-20)11-17-3-6-19(26)7-4-17/h3-10,20-21H,11-15,27H2,1-2H3. The summed E-state index contributed by atoms with van der Waals surface area (Å²) in [6.07, 6.45) is 3.41. The second-order valence-corrected chi connectivity index (χ2v) is 9.07. The molecule has 2 bridgehead atoms. The molecule has 2 aromatic carbocycles. The van der Waals surface area contributed by atoms with Crippen molar-refractivity contribution in [1.82, 2.24) is 14.7 Å². The third-order valence-electron chi connectivity index (χ3n) is 6.11. The Bertz CT molecular complexity index is 978. The number of hydrogen-bond acceptors (Lipinski definition) is 4. The van der Waals surface area contributed by atoms with Gasteiger partial charge in [-0.3, -0.25) is 9.69 Å². The summed E-state index contributed by atoms with van der Waals surface area (Å²) in [5.74, 6) is -0.211. The summed E-state index contributed by atoms with van der Waals surface area (Å²) < 4.78 is 13.2. The van der Waals surface area contributed by atoms with E-state index in [1.54, 1.807) is 18.2 Å². The lowest BCUT2D eigenvalue weighted by Crippen LogP contribution is -2.68. The van der Waals surface area contributed by atoms with Gasteiger partial charge in [-0.25, -0.2) is 4.39 Å². The van der Waals surface area contributed by atoms with Gasteiger partial charge >= 0.3 is 0 Å². The van der Waals surface area contributed by atoms with E-state index >= 15 is 0 Å². The zero-order valence-corrected chi connectivity index (χ0v) is 18.6. The van der Waals surface area contributed by atoms with Gasteiger partial charge in [-0.1, -0.05) is 23.7 Å². The Labute approximate surface area is 187 Å². The maximum absolute atomic E-state index is 13.2. The van der Waals surface area contributed by atoms with Crippen molar-refractivity contribution in [2.75, 3.05) is 39.0 Å². The van der Waals surface area contributed by atoms with E-state index in [1.165, 1.54) is 12.1 Å². The first-order valence-corrected chi connectivity index (χ1v) is 10.9. The first-order chi connectivity index (χ1) is 14.8. The lowest BCUT2D eigenvalue weighted by molar-refractivity contribution is -0.140. The Hall–Kier alpha value is -2.41. The Morgan fingerprint density at radius 3 is 2.45 bits per heavy atom. The van der Waals surface area contributed by atoms with Gasteiger partial charge in [0.2, 0.25) is 5.91 Å². The Morgan fingerprint density at radius 2 is 1.81 bits per heavy atom. The third-order valence-corrected chi connectivity index (χ3v) is 6.52. The van der Waals surface area contributed by atoms with E-state index in [2.05, 4.69) is 16.8 Å². The van der Waals surface area contributed by atoms with Crippen molar-refractivity contribution in [3.05, 3.63) is 70.0 Å². The number of likely N-dealkylation sites (N-methyl/N-ethyl adjacent to an activating group) is 1. The summed E-state index contributed by atoms with van der Waals surface area (Å²) in [6, 6.07) is 10.5. The minimum atomic E-state index is -0.221. The van der Waals surface area contributed by atoms with Crippen LogP contribution >= 0.6 is 11.6 Å². The van der Waals surface area contributed by atoms with Crippen LogP contribution in [0.3, 0.4) is 0 Å². The minimum Gasteiger partial charge on any atom is -0.398 e. The number of halogens is 2. The molecule has 2 saturated heterocycles. The number of piperazine rings is 2. The number of amides is 1.